The van der Waals surface area contributed by atoms with Crippen molar-refractivity contribution in [3.05, 3.63) is 53.9 Å². The molecule has 0 fully saturated rings. The maximum Gasteiger partial charge on any atom is 0.267 e. The van der Waals surface area contributed by atoms with E-state index in [1.165, 1.54) is 18.5 Å². The van der Waals surface area contributed by atoms with Crippen molar-refractivity contribution in [2.45, 2.75) is 44.0 Å². The van der Waals surface area contributed by atoms with Gasteiger partial charge in [-0.2, -0.15) is 0 Å². The number of nitrogens with one attached hydrogen (secondary N) is 1. The van der Waals surface area contributed by atoms with Crippen molar-refractivity contribution in [2.75, 3.05) is 6.54 Å². The van der Waals surface area contributed by atoms with Gasteiger partial charge in [0.1, 0.15) is 0 Å². The van der Waals surface area contributed by atoms with Gasteiger partial charge in [-0.3, -0.25) is 4.79 Å². The molecule has 2 rings (SSSR count). The van der Waals surface area contributed by atoms with Crippen molar-refractivity contribution in [2.24, 2.45) is 5.73 Å². The fourth-order valence-corrected chi connectivity index (χ4v) is 3.66. The van der Waals surface area contributed by atoms with Gasteiger partial charge in [0.05, 0.1) is 10.5 Å². The van der Waals surface area contributed by atoms with Gasteiger partial charge < -0.3 is 11.1 Å². The highest BCUT2D eigenvalue weighted by atomic mass is 35.5. The molecule has 1 unspecified atom stereocenters. The number of unbranched alkanes of at least 4 members (excludes halogenated alkanes) is 1. The van der Waals surface area contributed by atoms with E-state index in [1.807, 2.05) is 6.92 Å². The summed E-state index contributed by atoms with van der Waals surface area (Å²) in [5.74, 6) is -0.315. The van der Waals surface area contributed by atoms with Crippen LogP contribution in [0.15, 0.2) is 47.6 Å². The van der Waals surface area contributed by atoms with Crippen LogP contribution in [-0.2, 0) is 10.0 Å². The number of amides is 1. The number of rotatable bonds is 8. The summed E-state index contributed by atoms with van der Waals surface area (Å²) in [6, 6.07) is 7.98. The van der Waals surface area contributed by atoms with Gasteiger partial charge in [-0.15, -0.1) is 12.4 Å². The minimum absolute atomic E-state index is 0. The van der Waals surface area contributed by atoms with Gasteiger partial charge in [-0.05, 0) is 31.5 Å². The van der Waals surface area contributed by atoms with Crippen molar-refractivity contribution in [3.63, 3.8) is 0 Å². The predicted octanol–water partition coefficient (Wildman–Crippen LogP) is 2.70. The maximum atomic E-state index is 12.6. The lowest BCUT2D eigenvalue weighted by Crippen LogP contribution is -2.40. The Bertz CT molecular complexity index is 816. The van der Waals surface area contributed by atoms with Crippen molar-refractivity contribution in [3.8, 4) is 0 Å². The molecule has 0 aliphatic rings. The number of nitrogens with two attached hydrogens (primary N) is 1. The molecule has 3 N–H and O–H groups in total. The highest BCUT2D eigenvalue weighted by Gasteiger charge is 2.19. The highest BCUT2D eigenvalue weighted by molar-refractivity contribution is 7.90. The molecule has 0 radical (unpaired) electrons. The second-order valence-electron chi connectivity index (χ2n) is 6.10. The van der Waals surface area contributed by atoms with Gasteiger partial charge in [0.15, 0.2) is 0 Å². The van der Waals surface area contributed by atoms with Gasteiger partial charge in [0, 0.05) is 25.0 Å². The van der Waals surface area contributed by atoms with Gasteiger partial charge in [-0.25, -0.2) is 12.4 Å². The normalized spacial score (nSPS) is 12.3. The average Bonchev–Trinajstić information content (AvgIpc) is 3.10. The van der Waals surface area contributed by atoms with Crippen LogP contribution in [0, 0.1) is 6.92 Å². The number of hydrogen-bond acceptors (Lipinski definition) is 4. The summed E-state index contributed by atoms with van der Waals surface area (Å²) in [4.78, 5) is 12.5. The van der Waals surface area contributed by atoms with E-state index in [9.17, 15) is 13.2 Å². The number of hydrogen-bond donors (Lipinski definition) is 2. The monoisotopic (exact) mass is 399 g/mol. The summed E-state index contributed by atoms with van der Waals surface area (Å²) in [6.07, 6.45) is 5.52. The van der Waals surface area contributed by atoms with E-state index in [0.29, 0.717) is 12.1 Å². The van der Waals surface area contributed by atoms with E-state index in [2.05, 4.69) is 12.2 Å². The van der Waals surface area contributed by atoms with Crippen LogP contribution < -0.4 is 11.1 Å². The summed E-state index contributed by atoms with van der Waals surface area (Å²) in [7, 11) is -3.70. The molecule has 1 heterocycles. The fraction of sp³-hybridized carbons (Fsp3) is 0.389. The van der Waals surface area contributed by atoms with Crippen molar-refractivity contribution >= 4 is 28.3 Å². The molecular formula is C18H26ClN3O3S. The van der Waals surface area contributed by atoms with Crippen LogP contribution in [0.1, 0.15) is 42.1 Å². The lowest BCUT2D eigenvalue weighted by atomic mass is 10.1. The standard InChI is InChI=1S/C18H25N3O3S.ClH/c1-3-4-5-16(12-19)20-18(22)15-10-11-21(13-15)25(23,24)17-8-6-14(2)7-9-17;/h6-11,13,16H,3-5,12,19H2,1-2H3,(H,20,22);1H. The van der Waals surface area contributed by atoms with Crippen molar-refractivity contribution < 1.29 is 13.2 Å². The number of halogens is 1. The molecule has 144 valence electrons. The highest BCUT2D eigenvalue weighted by Crippen LogP contribution is 2.16. The van der Waals surface area contributed by atoms with Gasteiger partial charge in [0.25, 0.3) is 15.9 Å². The first kappa shape index (κ1) is 22.2. The predicted molar refractivity (Wildman–Crippen MR) is 105 cm³/mol. The second-order valence-corrected chi connectivity index (χ2v) is 7.94. The van der Waals surface area contributed by atoms with Gasteiger partial charge >= 0.3 is 0 Å². The Kier molecular flexibility index (Phi) is 8.33. The van der Waals surface area contributed by atoms with Gasteiger partial charge in [0.2, 0.25) is 0 Å². The lowest BCUT2D eigenvalue weighted by Gasteiger charge is -2.15. The first-order valence-electron chi connectivity index (χ1n) is 8.39. The van der Waals surface area contributed by atoms with Crippen molar-refractivity contribution in [1.29, 1.82) is 0 Å². The van der Waals surface area contributed by atoms with E-state index >= 15 is 0 Å². The Morgan fingerprint density at radius 1 is 1.23 bits per heavy atom. The van der Waals surface area contributed by atoms with Crippen LogP contribution in [0.4, 0.5) is 0 Å². The molecular weight excluding hydrogens is 374 g/mol. The number of carbonyl (C=O) groups is 1. The number of aromatic nitrogens is 1. The summed E-state index contributed by atoms with van der Waals surface area (Å²) >= 11 is 0. The molecule has 2 aromatic rings. The Hall–Kier alpha value is -1.83. The van der Waals surface area contributed by atoms with Crippen molar-refractivity contribution in [1.82, 2.24) is 9.29 Å². The summed E-state index contributed by atoms with van der Waals surface area (Å²) in [6.45, 7) is 4.32. The van der Waals surface area contributed by atoms with Gasteiger partial charge in [-0.1, -0.05) is 37.5 Å². The third-order valence-corrected chi connectivity index (χ3v) is 5.70. The zero-order valence-electron chi connectivity index (χ0n) is 15.0. The van der Waals surface area contributed by atoms with Crippen LogP contribution in [0.3, 0.4) is 0 Å². The maximum absolute atomic E-state index is 12.6. The van der Waals surface area contributed by atoms with Crippen LogP contribution in [0.2, 0.25) is 0 Å². The molecule has 8 heteroatoms. The minimum atomic E-state index is -3.70. The molecule has 0 spiro atoms. The largest absolute Gasteiger partial charge is 0.348 e. The Morgan fingerprint density at radius 2 is 1.88 bits per heavy atom. The molecule has 1 aromatic carbocycles. The molecule has 6 nitrogen and oxygen atoms in total. The summed E-state index contributed by atoms with van der Waals surface area (Å²) in [5, 5.41) is 2.86. The Morgan fingerprint density at radius 3 is 2.46 bits per heavy atom. The fourth-order valence-electron chi connectivity index (χ4n) is 2.46. The number of benzene rings is 1. The molecule has 1 aromatic heterocycles. The zero-order chi connectivity index (χ0) is 18.4. The van der Waals surface area contributed by atoms with E-state index in [4.69, 9.17) is 5.73 Å². The van der Waals surface area contributed by atoms with Crippen LogP contribution in [-0.4, -0.2) is 30.9 Å². The third kappa shape index (κ3) is 5.33. The molecule has 0 saturated carbocycles. The second kappa shape index (κ2) is 9.75. The van der Waals surface area contributed by atoms with Crippen LogP contribution in [0.5, 0.6) is 0 Å². The summed E-state index contributed by atoms with van der Waals surface area (Å²) < 4.78 is 26.3. The van der Waals surface area contributed by atoms with Crippen LogP contribution >= 0.6 is 12.4 Å². The molecule has 0 aliphatic heterocycles. The third-order valence-electron chi connectivity index (χ3n) is 4.05. The lowest BCUT2D eigenvalue weighted by molar-refractivity contribution is 0.0936. The SMILES string of the molecule is CCCCC(CN)NC(=O)c1ccn(S(=O)(=O)c2ccc(C)cc2)c1.Cl. The topological polar surface area (TPSA) is 94.2 Å². The molecule has 0 aliphatic carbocycles. The van der Waals surface area contributed by atoms with Crippen LogP contribution in [0.25, 0.3) is 0 Å². The summed E-state index contributed by atoms with van der Waals surface area (Å²) in [5.41, 5.74) is 6.96. The first-order valence-corrected chi connectivity index (χ1v) is 9.83. The van der Waals surface area contributed by atoms with E-state index in [-0.39, 0.29) is 29.3 Å². The Labute approximate surface area is 161 Å². The zero-order valence-corrected chi connectivity index (χ0v) is 16.6. The number of carbonyl (C=O) groups excluding carboxylic acids is 1. The van der Waals surface area contributed by atoms with E-state index in [0.717, 1.165) is 28.8 Å². The Balaban J connectivity index is 0.00000338. The van der Waals surface area contributed by atoms with E-state index in [1.54, 1.807) is 24.3 Å². The smallest absolute Gasteiger partial charge is 0.267 e. The number of aryl methyl sites for hydroxylation is 1. The first-order chi connectivity index (χ1) is 11.9. The molecule has 0 saturated heterocycles. The number of nitrogens with zero attached hydrogens (tertiary/aromatic N) is 1. The quantitative estimate of drug-likeness (QED) is 0.713. The molecule has 1 atom stereocenters. The molecule has 0 bridgehead atoms. The van der Waals surface area contributed by atoms with E-state index < -0.39 is 10.0 Å². The average molecular weight is 400 g/mol. The molecule has 26 heavy (non-hydrogen) atoms. The molecule has 1 amide bonds. The minimum Gasteiger partial charge on any atom is -0.348 e.